The van der Waals surface area contributed by atoms with Gasteiger partial charge < -0.3 is 8.83 Å². The quantitative estimate of drug-likeness (QED) is 0.803. The number of hydrogen-bond donors (Lipinski definition) is 0. The zero-order chi connectivity index (χ0) is 12.4. The smallest absolute Gasteiger partial charge is 0.395 e. The minimum Gasteiger partial charge on any atom is -0.395 e. The lowest BCUT2D eigenvalue weighted by Gasteiger charge is -2.19. The minimum atomic E-state index is -0.588. The van der Waals surface area contributed by atoms with Gasteiger partial charge in [0.1, 0.15) is 0 Å². The average molecular weight is 244 g/mol. The first-order valence-electron chi connectivity index (χ1n) is 6.54. The molecule has 0 N–H and O–H groups in total. The maximum Gasteiger partial charge on any atom is 0.519 e. The summed E-state index contributed by atoms with van der Waals surface area (Å²) in [5.74, 6) is 1.10. The number of benzene rings is 1. The molecule has 1 fully saturated rings. The molecule has 0 unspecified atom stereocenters. The normalized spacial score (nSPS) is 16.9. The Morgan fingerprint density at radius 3 is 2.39 bits per heavy atom. The van der Waals surface area contributed by atoms with Crippen molar-refractivity contribution in [1.82, 2.24) is 0 Å². The number of rotatable bonds is 2. The Morgan fingerprint density at radius 1 is 0.944 bits per heavy atom. The molecule has 0 aliphatic heterocycles. The second-order valence-electron chi connectivity index (χ2n) is 4.85. The van der Waals surface area contributed by atoms with Crippen LogP contribution in [0.2, 0.25) is 0 Å². The highest BCUT2D eigenvalue weighted by Gasteiger charge is 2.25. The van der Waals surface area contributed by atoms with Gasteiger partial charge >= 0.3 is 5.82 Å². The molecule has 1 aliphatic carbocycles. The lowest BCUT2D eigenvalue weighted by Crippen LogP contribution is -2.04. The van der Waals surface area contributed by atoms with Crippen LogP contribution in [0, 0.1) is 0 Å². The van der Waals surface area contributed by atoms with E-state index in [-0.39, 0.29) is 0 Å². The Balaban J connectivity index is 2.02. The van der Waals surface area contributed by atoms with Crippen LogP contribution in [-0.4, -0.2) is 0 Å². The maximum atomic E-state index is 11.4. The molecule has 0 spiro atoms. The van der Waals surface area contributed by atoms with E-state index in [9.17, 15) is 4.79 Å². The molecule has 1 aliphatic rings. The van der Waals surface area contributed by atoms with Gasteiger partial charge in [0.2, 0.25) is 0 Å². The highest BCUT2D eigenvalue weighted by atomic mass is 16.6. The fraction of sp³-hybridized carbons (Fsp3) is 0.400. The third kappa shape index (κ3) is 2.13. The molecule has 0 radical (unpaired) electrons. The lowest BCUT2D eigenvalue weighted by molar-refractivity contribution is 0.337. The summed E-state index contributed by atoms with van der Waals surface area (Å²) in [4.78, 5) is 11.4. The van der Waals surface area contributed by atoms with Gasteiger partial charge in [-0.1, -0.05) is 49.6 Å². The minimum absolute atomic E-state index is 0.334. The second-order valence-corrected chi connectivity index (χ2v) is 4.85. The molecule has 18 heavy (non-hydrogen) atoms. The second kappa shape index (κ2) is 4.84. The van der Waals surface area contributed by atoms with Gasteiger partial charge in [-0.15, -0.1) is 0 Å². The van der Waals surface area contributed by atoms with Crippen LogP contribution in [0.3, 0.4) is 0 Å². The third-order valence-corrected chi connectivity index (χ3v) is 3.61. The topological polar surface area (TPSA) is 43.4 Å². The van der Waals surface area contributed by atoms with E-state index in [0.717, 1.165) is 24.2 Å². The van der Waals surface area contributed by atoms with E-state index < -0.39 is 5.82 Å². The molecule has 1 heterocycles. The molecule has 1 saturated carbocycles. The molecule has 3 heteroatoms. The van der Waals surface area contributed by atoms with Crippen molar-refractivity contribution >= 4 is 0 Å². The molecule has 0 atom stereocenters. The first-order valence-corrected chi connectivity index (χ1v) is 6.54. The Kier molecular flexibility index (Phi) is 3.05. The van der Waals surface area contributed by atoms with Crippen LogP contribution in [0.15, 0.2) is 44.0 Å². The predicted octanol–water partition coefficient (Wildman–Crippen LogP) is 3.95. The molecule has 3 rings (SSSR count). The predicted molar refractivity (Wildman–Crippen MR) is 68.5 cm³/mol. The van der Waals surface area contributed by atoms with Crippen LogP contribution in [0.4, 0.5) is 0 Å². The Labute approximate surface area is 105 Å². The SMILES string of the molecule is O=c1oc(-c2ccccc2)c(C2CCCCC2)o1. The molecule has 0 bridgehead atoms. The van der Waals surface area contributed by atoms with Crippen molar-refractivity contribution in [1.29, 1.82) is 0 Å². The molecule has 0 amide bonds. The van der Waals surface area contributed by atoms with Crippen LogP contribution in [0.5, 0.6) is 0 Å². The van der Waals surface area contributed by atoms with Gasteiger partial charge in [0.05, 0.1) is 0 Å². The van der Waals surface area contributed by atoms with E-state index in [1.54, 1.807) is 0 Å². The van der Waals surface area contributed by atoms with Crippen molar-refractivity contribution in [3.8, 4) is 11.3 Å². The van der Waals surface area contributed by atoms with Crippen molar-refractivity contribution in [2.75, 3.05) is 0 Å². The van der Waals surface area contributed by atoms with E-state index in [1.165, 1.54) is 19.3 Å². The fourth-order valence-corrected chi connectivity index (χ4v) is 2.71. The Bertz CT molecular complexity index is 559. The summed E-state index contributed by atoms with van der Waals surface area (Å²) in [6, 6.07) is 9.71. The summed E-state index contributed by atoms with van der Waals surface area (Å²) in [7, 11) is 0. The Morgan fingerprint density at radius 2 is 1.67 bits per heavy atom. The van der Waals surface area contributed by atoms with Gasteiger partial charge in [-0.2, -0.15) is 0 Å². The standard InChI is InChI=1S/C15H16O3/c16-15-17-13(11-7-3-1-4-8-11)14(18-15)12-9-5-2-6-10-12/h1,3-4,7-8,12H,2,5-6,9-10H2. The molecular formula is C15H16O3. The van der Waals surface area contributed by atoms with E-state index >= 15 is 0 Å². The van der Waals surface area contributed by atoms with Crippen LogP contribution in [0.25, 0.3) is 11.3 Å². The summed E-state index contributed by atoms with van der Waals surface area (Å²) < 4.78 is 10.5. The molecule has 2 aromatic rings. The van der Waals surface area contributed by atoms with Crippen molar-refractivity contribution in [3.05, 3.63) is 46.7 Å². The summed E-state index contributed by atoms with van der Waals surface area (Å²) in [5, 5.41) is 0. The Hall–Kier alpha value is -1.77. The van der Waals surface area contributed by atoms with Crippen molar-refractivity contribution in [2.24, 2.45) is 0 Å². The molecular weight excluding hydrogens is 228 g/mol. The zero-order valence-corrected chi connectivity index (χ0v) is 10.2. The highest BCUT2D eigenvalue weighted by molar-refractivity contribution is 5.59. The van der Waals surface area contributed by atoms with Gasteiger partial charge in [-0.05, 0) is 12.8 Å². The van der Waals surface area contributed by atoms with Crippen LogP contribution in [0.1, 0.15) is 43.8 Å². The lowest BCUT2D eigenvalue weighted by atomic mass is 9.86. The van der Waals surface area contributed by atoms with Gasteiger partial charge in [0, 0.05) is 11.5 Å². The first kappa shape index (κ1) is 11.3. The monoisotopic (exact) mass is 244 g/mol. The average Bonchev–Trinajstić information content (AvgIpc) is 2.83. The molecule has 94 valence electrons. The van der Waals surface area contributed by atoms with Crippen LogP contribution in [-0.2, 0) is 0 Å². The van der Waals surface area contributed by atoms with Crippen molar-refractivity contribution in [3.63, 3.8) is 0 Å². The molecule has 1 aromatic carbocycles. The van der Waals surface area contributed by atoms with E-state index in [4.69, 9.17) is 8.83 Å². The molecule has 0 saturated heterocycles. The van der Waals surface area contributed by atoms with Gasteiger partial charge in [-0.3, -0.25) is 0 Å². The maximum absolute atomic E-state index is 11.4. The summed E-state index contributed by atoms with van der Waals surface area (Å²) in [6.07, 6.45) is 5.85. The molecule has 3 nitrogen and oxygen atoms in total. The van der Waals surface area contributed by atoms with Gasteiger partial charge in [0.15, 0.2) is 11.5 Å². The van der Waals surface area contributed by atoms with Crippen molar-refractivity contribution in [2.45, 2.75) is 38.0 Å². The van der Waals surface area contributed by atoms with Crippen LogP contribution >= 0.6 is 0 Å². The van der Waals surface area contributed by atoms with Crippen molar-refractivity contribution < 1.29 is 8.83 Å². The summed E-state index contributed by atoms with van der Waals surface area (Å²) in [6.45, 7) is 0. The van der Waals surface area contributed by atoms with E-state index in [1.807, 2.05) is 30.3 Å². The third-order valence-electron chi connectivity index (χ3n) is 3.61. The largest absolute Gasteiger partial charge is 0.519 e. The zero-order valence-electron chi connectivity index (χ0n) is 10.2. The van der Waals surface area contributed by atoms with Gasteiger partial charge in [0.25, 0.3) is 0 Å². The van der Waals surface area contributed by atoms with E-state index in [2.05, 4.69) is 0 Å². The van der Waals surface area contributed by atoms with E-state index in [0.29, 0.717) is 11.7 Å². The molecule has 1 aromatic heterocycles. The number of hydrogen-bond acceptors (Lipinski definition) is 3. The first-order chi connectivity index (χ1) is 8.84. The van der Waals surface area contributed by atoms with Gasteiger partial charge in [-0.25, -0.2) is 4.79 Å². The van der Waals surface area contributed by atoms with Crippen LogP contribution < -0.4 is 5.82 Å². The highest BCUT2D eigenvalue weighted by Crippen LogP contribution is 2.37. The summed E-state index contributed by atoms with van der Waals surface area (Å²) in [5.41, 5.74) is 0.920. The summed E-state index contributed by atoms with van der Waals surface area (Å²) >= 11 is 0. The fourth-order valence-electron chi connectivity index (χ4n) is 2.71.